The highest BCUT2D eigenvalue weighted by atomic mass is 32.1. The maximum atomic E-state index is 13.4. The highest BCUT2D eigenvalue weighted by Crippen LogP contribution is 2.37. The Kier molecular flexibility index (Phi) is 6.34. The molecular weight excluding hydrogens is 377 g/mol. The second-order valence-electron chi connectivity index (χ2n) is 7.19. The van der Waals surface area contributed by atoms with E-state index in [-0.39, 0.29) is 30.3 Å². The molecule has 3 amide bonds. The Bertz CT molecular complexity index is 834. The van der Waals surface area contributed by atoms with Gasteiger partial charge in [0.1, 0.15) is 12.4 Å². The first-order valence-electron chi connectivity index (χ1n) is 9.49. The fraction of sp³-hybridized carbons (Fsp3) is 0.429. The first-order valence-corrected chi connectivity index (χ1v) is 10.4. The maximum absolute atomic E-state index is 13.4. The number of rotatable bonds is 5. The lowest BCUT2D eigenvalue weighted by Gasteiger charge is -2.38. The first kappa shape index (κ1) is 20.3. The van der Waals surface area contributed by atoms with Gasteiger partial charge in [-0.1, -0.05) is 19.1 Å². The summed E-state index contributed by atoms with van der Waals surface area (Å²) in [6, 6.07) is 7.96. The number of halogens is 1. The molecule has 0 bridgehead atoms. The first-order chi connectivity index (χ1) is 13.4. The molecule has 1 unspecified atom stereocenters. The lowest BCUT2D eigenvalue weighted by atomic mass is 9.93. The van der Waals surface area contributed by atoms with Crippen LogP contribution in [0.3, 0.4) is 0 Å². The molecule has 0 radical (unpaired) electrons. The van der Waals surface area contributed by atoms with Crippen LogP contribution in [0.5, 0.6) is 0 Å². The van der Waals surface area contributed by atoms with Crippen LogP contribution in [0, 0.1) is 5.82 Å². The van der Waals surface area contributed by atoms with Crippen molar-refractivity contribution in [3.63, 3.8) is 0 Å². The Morgan fingerprint density at radius 2 is 1.93 bits per heavy atom. The molecule has 1 aliphatic heterocycles. The number of urea groups is 1. The summed E-state index contributed by atoms with van der Waals surface area (Å²) in [7, 11) is 3.38. The zero-order chi connectivity index (χ0) is 20.3. The molecule has 1 aromatic carbocycles. The van der Waals surface area contributed by atoms with Crippen molar-refractivity contribution in [2.45, 2.75) is 25.8 Å². The van der Waals surface area contributed by atoms with Crippen molar-refractivity contribution in [1.29, 1.82) is 0 Å². The number of fused-ring (bicyclic) bond motifs is 1. The fourth-order valence-electron chi connectivity index (χ4n) is 3.64. The SMILES string of the molecule is CCCN(CC(=O)N1CCc2sccc2C1c1ccc(F)cc1)C(=O)N(C)C. The Balaban J connectivity index is 1.89. The van der Waals surface area contributed by atoms with Gasteiger partial charge >= 0.3 is 6.03 Å². The molecule has 1 aliphatic rings. The van der Waals surface area contributed by atoms with E-state index in [2.05, 4.69) is 0 Å². The third kappa shape index (κ3) is 4.19. The summed E-state index contributed by atoms with van der Waals surface area (Å²) in [6.45, 7) is 3.15. The zero-order valence-electron chi connectivity index (χ0n) is 16.5. The summed E-state index contributed by atoms with van der Waals surface area (Å²) in [6.07, 6.45) is 1.58. The van der Waals surface area contributed by atoms with Crippen LogP contribution in [0.1, 0.15) is 35.4 Å². The predicted molar refractivity (Wildman–Crippen MR) is 109 cm³/mol. The van der Waals surface area contributed by atoms with Gasteiger partial charge in [0.05, 0.1) is 6.04 Å². The van der Waals surface area contributed by atoms with Crippen molar-refractivity contribution >= 4 is 23.3 Å². The second kappa shape index (κ2) is 8.73. The van der Waals surface area contributed by atoms with E-state index in [1.807, 2.05) is 23.3 Å². The third-order valence-corrected chi connectivity index (χ3v) is 5.94. The van der Waals surface area contributed by atoms with Crippen molar-refractivity contribution in [1.82, 2.24) is 14.7 Å². The molecule has 0 N–H and O–H groups in total. The van der Waals surface area contributed by atoms with Crippen molar-refractivity contribution in [2.75, 3.05) is 33.7 Å². The van der Waals surface area contributed by atoms with Gasteiger partial charge in [0.15, 0.2) is 0 Å². The Labute approximate surface area is 169 Å². The number of carbonyl (C=O) groups is 2. The minimum atomic E-state index is -0.298. The van der Waals surface area contributed by atoms with Gasteiger partial charge in [0.2, 0.25) is 5.91 Å². The molecule has 0 fully saturated rings. The van der Waals surface area contributed by atoms with Gasteiger partial charge in [-0.2, -0.15) is 0 Å². The molecule has 28 heavy (non-hydrogen) atoms. The van der Waals surface area contributed by atoms with Crippen molar-refractivity contribution in [3.8, 4) is 0 Å². The predicted octanol–water partition coefficient (Wildman–Crippen LogP) is 3.75. The summed E-state index contributed by atoms with van der Waals surface area (Å²) in [5.74, 6) is -0.386. The fourth-order valence-corrected chi connectivity index (χ4v) is 4.54. The second-order valence-corrected chi connectivity index (χ2v) is 8.19. The molecule has 1 atom stereocenters. The molecule has 2 heterocycles. The normalized spacial score (nSPS) is 15.9. The maximum Gasteiger partial charge on any atom is 0.319 e. The van der Waals surface area contributed by atoms with Gasteiger partial charge < -0.3 is 14.7 Å². The molecule has 150 valence electrons. The summed E-state index contributed by atoms with van der Waals surface area (Å²) in [4.78, 5) is 31.8. The van der Waals surface area contributed by atoms with E-state index in [0.717, 1.165) is 24.0 Å². The van der Waals surface area contributed by atoms with Crippen molar-refractivity contribution in [3.05, 3.63) is 57.5 Å². The quantitative estimate of drug-likeness (QED) is 0.763. The van der Waals surface area contributed by atoms with Gasteiger partial charge in [-0.15, -0.1) is 11.3 Å². The average Bonchev–Trinajstić information content (AvgIpc) is 3.15. The topological polar surface area (TPSA) is 43.9 Å². The van der Waals surface area contributed by atoms with Crippen LogP contribution in [0.2, 0.25) is 0 Å². The molecule has 0 saturated heterocycles. The van der Waals surface area contributed by atoms with Crippen molar-refractivity contribution in [2.24, 2.45) is 0 Å². The molecule has 0 saturated carbocycles. The largest absolute Gasteiger partial charge is 0.331 e. The minimum absolute atomic E-state index is 0.0437. The van der Waals surface area contributed by atoms with Crippen LogP contribution in [-0.2, 0) is 11.2 Å². The average molecular weight is 404 g/mol. The lowest BCUT2D eigenvalue weighted by molar-refractivity contribution is -0.134. The molecule has 1 aromatic heterocycles. The van der Waals surface area contributed by atoms with Gasteiger partial charge in [-0.05, 0) is 47.5 Å². The zero-order valence-corrected chi connectivity index (χ0v) is 17.3. The van der Waals surface area contributed by atoms with Crippen LogP contribution in [0.25, 0.3) is 0 Å². The Morgan fingerprint density at radius 1 is 1.21 bits per heavy atom. The molecule has 7 heteroatoms. The number of carbonyl (C=O) groups excluding carboxylic acids is 2. The number of benzene rings is 1. The number of amides is 3. The van der Waals surface area contributed by atoms with Crippen LogP contribution < -0.4 is 0 Å². The van der Waals surface area contributed by atoms with Crippen LogP contribution >= 0.6 is 11.3 Å². The molecule has 2 aromatic rings. The summed E-state index contributed by atoms with van der Waals surface area (Å²) >= 11 is 1.69. The van der Waals surface area contributed by atoms with Crippen LogP contribution in [-0.4, -0.2) is 60.4 Å². The Morgan fingerprint density at radius 3 is 2.57 bits per heavy atom. The Hall–Kier alpha value is -2.41. The molecular formula is C21H26FN3O2S. The van der Waals surface area contributed by atoms with Crippen LogP contribution in [0.15, 0.2) is 35.7 Å². The number of nitrogens with zero attached hydrogens (tertiary/aromatic N) is 3. The minimum Gasteiger partial charge on any atom is -0.331 e. The van der Waals surface area contributed by atoms with Crippen LogP contribution in [0.4, 0.5) is 9.18 Å². The standard InChI is InChI=1S/C21H26FN3O2S/c1-4-11-24(21(27)23(2)3)14-19(26)25-12-9-18-17(10-13-28-18)20(25)15-5-7-16(22)8-6-15/h5-8,10,13,20H,4,9,11-12,14H2,1-3H3. The van der Waals surface area contributed by atoms with Crippen molar-refractivity contribution < 1.29 is 14.0 Å². The summed E-state index contributed by atoms with van der Waals surface area (Å²) in [5.41, 5.74) is 1.98. The van der Waals surface area contributed by atoms with E-state index < -0.39 is 0 Å². The molecule has 3 rings (SSSR count). The van der Waals surface area contributed by atoms with E-state index in [4.69, 9.17) is 0 Å². The smallest absolute Gasteiger partial charge is 0.319 e. The highest BCUT2D eigenvalue weighted by Gasteiger charge is 2.34. The number of hydrogen-bond donors (Lipinski definition) is 0. The van der Waals surface area contributed by atoms with Gasteiger partial charge in [0.25, 0.3) is 0 Å². The molecule has 5 nitrogen and oxygen atoms in total. The molecule has 0 aliphatic carbocycles. The van der Waals surface area contributed by atoms with Gasteiger partial charge in [-0.3, -0.25) is 4.79 Å². The van der Waals surface area contributed by atoms with E-state index in [1.54, 1.807) is 42.5 Å². The van der Waals surface area contributed by atoms with E-state index in [0.29, 0.717) is 13.1 Å². The summed E-state index contributed by atoms with van der Waals surface area (Å²) < 4.78 is 13.4. The molecule has 0 spiro atoms. The third-order valence-electron chi connectivity index (χ3n) is 4.94. The van der Waals surface area contributed by atoms with Gasteiger partial charge in [-0.25, -0.2) is 9.18 Å². The summed E-state index contributed by atoms with van der Waals surface area (Å²) in [5, 5.41) is 2.04. The monoisotopic (exact) mass is 403 g/mol. The van der Waals surface area contributed by atoms with Gasteiger partial charge in [0, 0.05) is 32.1 Å². The lowest BCUT2D eigenvalue weighted by Crippen LogP contribution is -2.49. The van der Waals surface area contributed by atoms with E-state index in [1.165, 1.54) is 21.9 Å². The highest BCUT2D eigenvalue weighted by molar-refractivity contribution is 7.10. The van der Waals surface area contributed by atoms with E-state index in [9.17, 15) is 14.0 Å². The number of thiophene rings is 1. The number of hydrogen-bond acceptors (Lipinski definition) is 3. The van der Waals surface area contributed by atoms with E-state index >= 15 is 0 Å².